The van der Waals surface area contributed by atoms with E-state index in [0.717, 1.165) is 77.0 Å². The molecular weight excluding hydrogens is 949 g/mol. The van der Waals surface area contributed by atoms with E-state index in [1.807, 2.05) is 6.08 Å². The minimum atomic E-state index is -0.821. The van der Waals surface area contributed by atoms with E-state index >= 15 is 0 Å². The summed E-state index contributed by atoms with van der Waals surface area (Å²) in [5, 5.41) is 0. The van der Waals surface area contributed by atoms with Crippen molar-refractivity contribution >= 4 is 17.9 Å². The van der Waals surface area contributed by atoms with E-state index in [1.54, 1.807) is 0 Å². The van der Waals surface area contributed by atoms with Gasteiger partial charge in [0.05, 0.1) is 0 Å². The lowest BCUT2D eigenvalue weighted by Crippen LogP contribution is -2.30. The summed E-state index contributed by atoms with van der Waals surface area (Å²) in [6.45, 7) is 6.49. The van der Waals surface area contributed by atoms with Crippen molar-refractivity contribution in [2.24, 2.45) is 0 Å². The number of unbranched alkanes of at least 4 members (excludes halogenated alkanes) is 32. The van der Waals surface area contributed by atoms with Crippen molar-refractivity contribution in [3.63, 3.8) is 0 Å². The Morgan fingerprint density at radius 3 is 0.844 bits per heavy atom. The van der Waals surface area contributed by atoms with Crippen LogP contribution < -0.4 is 0 Å². The van der Waals surface area contributed by atoms with Gasteiger partial charge in [-0.1, -0.05) is 285 Å². The van der Waals surface area contributed by atoms with Crippen molar-refractivity contribution in [1.82, 2.24) is 0 Å². The molecule has 6 heteroatoms. The maximum Gasteiger partial charge on any atom is 0.306 e. The van der Waals surface area contributed by atoms with Gasteiger partial charge in [0.2, 0.25) is 0 Å². The molecule has 0 aliphatic carbocycles. The predicted octanol–water partition coefficient (Wildman–Crippen LogP) is 22.4. The normalized spacial score (nSPS) is 12.7. The molecule has 0 aromatic heterocycles. The summed E-state index contributed by atoms with van der Waals surface area (Å²) in [6.07, 6.45) is 87.1. The third kappa shape index (κ3) is 63.0. The number of allylic oxidation sites excluding steroid dienone is 16. The van der Waals surface area contributed by atoms with E-state index in [-0.39, 0.29) is 37.5 Å². The number of rotatable bonds is 59. The maximum absolute atomic E-state index is 12.9. The van der Waals surface area contributed by atoms with E-state index in [9.17, 15) is 14.4 Å². The zero-order valence-corrected chi connectivity index (χ0v) is 50.7. The van der Waals surface area contributed by atoms with E-state index in [2.05, 4.69) is 112 Å². The van der Waals surface area contributed by atoms with Crippen LogP contribution >= 0.6 is 0 Å². The Bertz CT molecular complexity index is 1510. The van der Waals surface area contributed by atoms with Gasteiger partial charge in [0.1, 0.15) is 13.2 Å². The third-order valence-corrected chi connectivity index (χ3v) is 14.1. The van der Waals surface area contributed by atoms with Crippen LogP contribution in [0.15, 0.2) is 97.2 Å². The molecule has 442 valence electrons. The fraction of sp³-hybridized carbons (Fsp3) is 0.732. The zero-order valence-electron chi connectivity index (χ0n) is 50.7. The summed E-state index contributed by atoms with van der Waals surface area (Å²) in [7, 11) is 0. The Balaban J connectivity index is 4.46. The summed E-state index contributed by atoms with van der Waals surface area (Å²) in [4.78, 5) is 38.3. The SMILES string of the molecule is CC/C=C\C/C=C\C/C=C\C/C=C\C/C=C\C/C=C\CCC(=O)O[C@@H](COC(=O)CCCCCCCCCCC/C=C\CCCCCCCC)COC(=O)CCCCCCCCCCCCC/C=C\CCCCCCCC. The van der Waals surface area contributed by atoms with Gasteiger partial charge in [0, 0.05) is 19.3 Å². The highest BCUT2D eigenvalue weighted by Crippen LogP contribution is 2.16. The lowest BCUT2D eigenvalue weighted by atomic mass is 10.0. The van der Waals surface area contributed by atoms with E-state index in [1.165, 1.54) is 193 Å². The third-order valence-electron chi connectivity index (χ3n) is 14.1. The largest absolute Gasteiger partial charge is 0.462 e. The Kier molecular flexibility index (Phi) is 61.8. The van der Waals surface area contributed by atoms with E-state index in [4.69, 9.17) is 14.2 Å². The number of carbonyl (C=O) groups is 3. The molecule has 77 heavy (non-hydrogen) atoms. The molecular formula is C71H122O6. The summed E-state index contributed by atoms with van der Waals surface area (Å²) in [5.41, 5.74) is 0. The molecule has 6 nitrogen and oxygen atoms in total. The monoisotopic (exact) mass is 1070 g/mol. The summed E-state index contributed by atoms with van der Waals surface area (Å²) in [6, 6.07) is 0. The van der Waals surface area contributed by atoms with Crippen LogP contribution in [0.1, 0.15) is 316 Å². The zero-order chi connectivity index (χ0) is 55.7. The molecule has 0 aliphatic rings. The van der Waals surface area contributed by atoms with Crippen LogP contribution in [-0.2, 0) is 28.6 Å². The first kappa shape index (κ1) is 73.3. The first-order valence-corrected chi connectivity index (χ1v) is 32.7. The molecule has 0 saturated carbocycles. The second kappa shape index (κ2) is 64.9. The standard InChI is InChI=1S/C71H122O6/c1-4-7-10-13-16-19-22-25-28-31-34-35-38-40-43-46-49-52-55-58-61-64-70(73)76-67-68(77-71(74)65-62-59-56-53-50-47-44-41-37-33-30-27-24-21-18-15-12-9-6-3)66-75-69(72)63-60-57-54-51-48-45-42-39-36-32-29-26-23-20-17-14-11-8-5-2/h9,12,18,21,25-30,37,41,47,50,56,59,68H,4-8,10-11,13-17,19-20,22-24,31-36,38-40,42-46,48-49,51-55,57-58,60-67H2,1-3H3/b12-9-,21-18-,28-25-,29-26-,30-27-,41-37-,50-47-,59-56-/t68-/m0/s1. The van der Waals surface area contributed by atoms with Crippen LogP contribution in [0.4, 0.5) is 0 Å². The van der Waals surface area contributed by atoms with E-state index < -0.39 is 6.10 Å². The van der Waals surface area contributed by atoms with E-state index in [0.29, 0.717) is 19.3 Å². The van der Waals surface area contributed by atoms with Gasteiger partial charge in [-0.2, -0.15) is 0 Å². The van der Waals surface area contributed by atoms with Crippen LogP contribution in [0.2, 0.25) is 0 Å². The average molecular weight is 1070 g/mol. The number of ether oxygens (including phenoxy) is 3. The average Bonchev–Trinajstić information content (AvgIpc) is 3.43. The molecule has 0 unspecified atom stereocenters. The van der Waals surface area contributed by atoms with Gasteiger partial charge in [-0.3, -0.25) is 14.4 Å². The predicted molar refractivity (Wildman–Crippen MR) is 334 cm³/mol. The Morgan fingerprint density at radius 1 is 0.273 bits per heavy atom. The van der Waals surface area contributed by atoms with Gasteiger partial charge in [-0.25, -0.2) is 0 Å². The van der Waals surface area contributed by atoms with Crippen molar-refractivity contribution in [3.8, 4) is 0 Å². The molecule has 0 rings (SSSR count). The first-order chi connectivity index (χ1) is 38.0. The van der Waals surface area contributed by atoms with Gasteiger partial charge >= 0.3 is 17.9 Å². The molecule has 0 radical (unpaired) electrons. The molecule has 0 fully saturated rings. The Hall–Kier alpha value is -3.67. The fourth-order valence-electron chi connectivity index (χ4n) is 9.17. The lowest BCUT2D eigenvalue weighted by molar-refractivity contribution is -0.166. The Morgan fingerprint density at radius 2 is 0.532 bits per heavy atom. The highest BCUT2D eigenvalue weighted by Gasteiger charge is 2.19. The Labute approximate surface area is 477 Å². The second-order valence-electron chi connectivity index (χ2n) is 21.6. The quantitative estimate of drug-likeness (QED) is 0.0261. The van der Waals surface area contributed by atoms with Gasteiger partial charge < -0.3 is 14.2 Å². The molecule has 0 heterocycles. The molecule has 0 N–H and O–H groups in total. The molecule has 0 spiro atoms. The number of esters is 3. The van der Waals surface area contributed by atoms with Crippen molar-refractivity contribution < 1.29 is 28.6 Å². The van der Waals surface area contributed by atoms with Crippen LogP contribution in [0.3, 0.4) is 0 Å². The summed E-state index contributed by atoms with van der Waals surface area (Å²) in [5.74, 6) is -0.984. The van der Waals surface area contributed by atoms with Crippen LogP contribution in [0.25, 0.3) is 0 Å². The molecule has 0 aromatic rings. The molecule has 0 aliphatic heterocycles. The topological polar surface area (TPSA) is 78.9 Å². The second-order valence-corrected chi connectivity index (χ2v) is 21.6. The minimum Gasteiger partial charge on any atom is -0.462 e. The van der Waals surface area contributed by atoms with Gasteiger partial charge in [0.25, 0.3) is 0 Å². The van der Waals surface area contributed by atoms with Gasteiger partial charge in [-0.05, 0) is 109 Å². The maximum atomic E-state index is 12.9. The molecule has 0 saturated heterocycles. The molecule has 0 aromatic carbocycles. The smallest absolute Gasteiger partial charge is 0.306 e. The number of carbonyl (C=O) groups excluding carboxylic acids is 3. The van der Waals surface area contributed by atoms with Crippen LogP contribution in [-0.4, -0.2) is 37.2 Å². The highest BCUT2D eigenvalue weighted by atomic mass is 16.6. The van der Waals surface area contributed by atoms with Gasteiger partial charge in [-0.15, -0.1) is 0 Å². The number of hydrogen-bond acceptors (Lipinski definition) is 6. The van der Waals surface area contributed by atoms with Crippen LogP contribution in [0, 0.1) is 0 Å². The van der Waals surface area contributed by atoms with Crippen LogP contribution in [0.5, 0.6) is 0 Å². The fourth-order valence-corrected chi connectivity index (χ4v) is 9.17. The van der Waals surface area contributed by atoms with Crippen molar-refractivity contribution in [2.75, 3.05) is 13.2 Å². The van der Waals surface area contributed by atoms with Crippen molar-refractivity contribution in [3.05, 3.63) is 97.2 Å². The lowest BCUT2D eigenvalue weighted by Gasteiger charge is -2.18. The summed E-state index contributed by atoms with van der Waals surface area (Å²) < 4.78 is 16.9. The van der Waals surface area contributed by atoms with Crippen molar-refractivity contribution in [1.29, 1.82) is 0 Å². The number of hydrogen-bond donors (Lipinski definition) is 0. The summed E-state index contributed by atoms with van der Waals surface area (Å²) >= 11 is 0. The molecule has 0 amide bonds. The minimum absolute atomic E-state index is 0.107. The van der Waals surface area contributed by atoms with Gasteiger partial charge in [0.15, 0.2) is 6.10 Å². The first-order valence-electron chi connectivity index (χ1n) is 32.7. The van der Waals surface area contributed by atoms with Crippen molar-refractivity contribution in [2.45, 2.75) is 322 Å². The highest BCUT2D eigenvalue weighted by molar-refractivity contribution is 5.71. The molecule has 0 bridgehead atoms. The molecule has 1 atom stereocenters.